The Kier molecular flexibility index (Phi) is 7.19. The van der Waals surface area contributed by atoms with Crippen molar-refractivity contribution in [2.75, 3.05) is 7.11 Å². The van der Waals surface area contributed by atoms with E-state index in [9.17, 15) is 18.8 Å². The van der Waals surface area contributed by atoms with E-state index in [1.165, 1.54) is 19.2 Å². The molecule has 0 saturated heterocycles. The summed E-state index contributed by atoms with van der Waals surface area (Å²) in [7, 11) is 1.27. The van der Waals surface area contributed by atoms with E-state index in [0.29, 0.717) is 34.5 Å². The fourth-order valence-electron chi connectivity index (χ4n) is 5.51. The molecule has 0 unspecified atom stereocenters. The van der Waals surface area contributed by atoms with Crippen LogP contribution in [-0.2, 0) is 23.9 Å². The second-order valence-corrected chi connectivity index (χ2v) is 9.61. The Bertz CT molecular complexity index is 1030. The quantitative estimate of drug-likeness (QED) is 0.391. The number of esters is 2. The minimum Gasteiger partial charge on any atom is -0.468 e. The van der Waals surface area contributed by atoms with Crippen LogP contribution in [-0.4, -0.2) is 30.9 Å². The van der Waals surface area contributed by atoms with Crippen LogP contribution in [0.4, 0.5) is 4.39 Å². The van der Waals surface area contributed by atoms with E-state index in [1.54, 1.807) is 19.1 Å². The third-order valence-corrected chi connectivity index (χ3v) is 7.24. The van der Waals surface area contributed by atoms with Crippen LogP contribution < -0.4 is 5.32 Å². The molecule has 1 saturated carbocycles. The molecular weight excluding hydrogens is 437 g/mol. The van der Waals surface area contributed by atoms with E-state index < -0.39 is 29.6 Å². The third-order valence-electron chi connectivity index (χ3n) is 7.24. The van der Waals surface area contributed by atoms with Gasteiger partial charge in [0.2, 0.25) is 0 Å². The number of hydrogen-bond acceptors (Lipinski definition) is 6. The number of allylic oxidation sites excluding steroid dienone is 3. The van der Waals surface area contributed by atoms with Crippen molar-refractivity contribution in [3.8, 4) is 0 Å². The van der Waals surface area contributed by atoms with Gasteiger partial charge in [0.1, 0.15) is 17.8 Å². The Balaban J connectivity index is 1.76. The number of hydrogen-bond donors (Lipinski definition) is 1. The van der Waals surface area contributed by atoms with Crippen LogP contribution in [0.3, 0.4) is 0 Å². The van der Waals surface area contributed by atoms with Gasteiger partial charge < -0.3 is 14.8 Å². The van der Waals surface area contributed by atoms with E-state index in [2.05, 4.69) is 5.32 Å². The highest BCUT2D eigenvalue weighted by Crippen LogP contribution is 2.45. The van der Waals surface area contributed by atoms with Crippen molar-refractivity contribution in [3.05, 3.63) is 58.2 Å². The van der Waals surface area contributed by atoms with Crippen molar-refractivity contribution in [2.45, 2.75) is 70.8 Å². The lowest BCUT2D eigenvalue weighted by molar-refractivity contribution is -0.151. The van der Waals surface area contributed by atoms with Gasteiger partial charge in [0.25, 0.3) is 0 Å². The van der Waals surface area contributed by atoms with Gasteiger partial charge in [-0.3, -0.25) is 9.59 Å². The van der Waals surface area contributed by atoms with Crippen molar-refractivity contribution in [1.29, 1.82) is 0 Å². The van der Waals surface area contributed by atoms with Gasteiger partial charge >= 0.3 is 11.9 Å². The number of ether oxygens (including phenoxy) is 2. The minimum absolute atomic E-state index is 0.163. The normalized spacial score (nSPS) is 25.9. The number of nitrogens with one attached hydrogen (secondary N) is 1. The molecule has 34 heavy (non-hydrogen) atoms. The Labute approximate surface area is 199 Å². The summed E-state index contributed by atoms with van der Waals surface area (Å²) in [5.74, 6) is -3.80. The van der Waals surface area contributed by atoms with Crippen LogP contribution in [0.2, 0.25) is 0 Å². The maximum atomic E-state index is 13.8. The molecule has 3 aliphatic rings. The van der Waals surface area contributed by atoms with E-state index in [-0.39, 0.29) is 17.8 Å². The predicted octanol–water partition coefficient (Wildman–Crippen LogP) is 4.70. The summed E-state index contributed by atoms with van der Waals surface area (Å²) < 4.78 is 24.6. The second kappa shape index (κ2) is 10.1. The lowest BCUT2D eigenvalue weighted by Crippen LogP contribution is -2.43. The number of carbonyl (C=O) groups excluding carboxylic acids is 3. The smallest absolute Gasteiger partial charge is 0.337 e. The third kappa shape index (κ3) is 4.65. The van der Waals surface area contributed by atoms with Crippen molar-refractivity contribution < 1.29 is 28.2 Å². The summed E-state index contributed by atoms with van der Waals surface area (Å²) in [6.45, 7) is 3.64. The predicted molar refractivity (Wildman–Crippen MR) is 124 cm³/mol. The number of methoxy groups -OCH3 is 1. The highest BCUT2D eigenvalue weighted by molar-refractivity contribution is 6.12. The first-order valence-electron chi connectivity index (χ1n) is 12.1. The molecule has 182 valence electrons. The average molecular weight is 470 g/mol. The molecule has 6 nitrogen and oxygen atoms in total. The molecule has 0 spiro atoms. The fraction of sp³-hybridized carbons (Fsp3) is 0.519. The SMILES string of the molecule is COC(=O)[C@@H]1C(=O)C2=C(C[C@H]1C)NC(C)=C(C(=O)OC1CCCCCC1)[C@@H]2c1ccc(F)cc1. The monoisotopic (exact) mass is 469 g/mol. The van der Waals surface area contributed by atoms with Crippen LogP contribution in [0.5, 0.6) is 0 Å². The largest absolute Gasteiger partial charge is 0.468 e. The summed E-state index contributed by atoms with van der Waals surface area (Å²) >= 11 is 0. The molecule has 7 heteroatoms. The summed E-state index contributed by atoms with van der Waals surface area (Å²) in [5.41, 5.74) is 2.60. The maximum Gasteiger partial charge on any atom is 0.337 e. The Morgan fingerprint density at radius 2 is 1.71 bits per heavy atom. The molecule has 1 aromatic carbocycles. The van der Waals surface area contributed by atoms with Crippen LogP contribution in [0.1, 0.15) is 70.3 Å². The Morgan fingerprint density at radius 1 is 1.06 bits per heavy atom. The summed E-state index contributed by atoms with van der Waals surface area (Å²) in [4.78, 5) is 39.7. The highest BCUT2D eigenvalue weighted by Gasteiger charge is 2.47. The number of dihydropyridines is 1. The van der Waals surface area contributed by atoms with Gasteiger partial charge in [-0.15, -0.1) is 0 Å². The summed E-state index contributed by atoms with van der Waals surface area (Å²) in [6, 6.07) is 5.80. The lowest BCUT2D eigenvalue weighted by Gasteiger charge is -2.38. The zero-order valence-corrected chi connectivity index (χ0v) is 20.0. The van der Waals surface area contributed by atoms with Gasteiger partial charge in [-0.05, 0) is 62.6 Å². The molecule has 1 N–H and O–H groups in total. The number of benzene rings is 1. The maximum absolute atomic E-state index is 13.8. The standard InChI is InChI=1S/C27H32FNO5/c1-15-14-20-24(25(30)21(15)26(31)33-3)23(17-10-12-18(28)13-11-17)22(16(2)29-20)27(32)34-19-8-6-4-5-7-9-19/h10-13,15,19,21,23,29H,4-9,14H2,1-3H3/t15-,21+,23+/m1/s1. The molecule has 3 atom stereocenters. The molecular formula is C27H32FNO5. The Hall–Kier alpha value is -2.96. The zero-order valence-electron chi connectivity index (χ0n) is 20.0. The van der Waals surface area contributed by atoms with Crippen LogP contribution in [0.25, 0.3) is 0 Å². The number of Topliss-reactive ketones (excluding diaryl/α,β-unsaturated/α-hetero) is 1. The van der Waals surface area contributed by atoms with Crippen molar-refractivity contribution in [2.24, 2.45) is 11.8 Å². The minimum atomic E-state index is -0.953. The lowest BCUT2D eigenvalue weighted by atomic mass is 9.69. The first-order valence-corrected chi connectivity index (χ1v) is 12.1. The number of ketones is 1. The van der Waals surface area contributed by atoms with Gasteiger partial charge in [-0.2, -0.15) is 0 Å². The average Bonchev–Trinajstić information content (AvgIpc) is 3.07. The number of halogens is 1. The highest BCUT2D eigenvalue weighted by atomic mass is 19.1. The molecule has 1 aromatic rings. The topological polar surface area (TPSA) is 81.7 Å². The summed E-state index contributed by atoms with van der Waals surface area (Å²) in [6.07, 6.45) is 6.24. The molecule has 2 aliphatic carbocycles. The first kappa shape index (κ1) is 24.2. The molecule has 0 bridgehead atoms. The van der Waals surface area contributed by atoms with Gasteiger partial charge in [0.15, 0.2) is 5.78 Å². The van der Waals surface area contributed by atoms with Gasteiger partial charge in [0.05, 0.1) is 12.7 Å². The van der Waals surface area contributed by atoms with E-state index >= 15 is 0 Å². The number of carbonyl (C=O) groups is 3. The summed E-state index contributed by atoms with van der Waals surface area (Å²) in [5, 5.41) is 3.26. The first-order chi connectivity index (χ1) is 16.3. The molecule has 4 rings (SSSR count). The van der Waals surface area contributed by atoms with Crippen molar-refractivity contribution in [1.82, 2.24) is 5.32 Å². The Morgan fingerprint density at radius 3 is 2.32 bits per heavy atom. The molecule has 1 fully saturated rings. The fourth-order valence-corrected chi connectivity index (χ4v) is 5.51. The second-order valence-electron chi connectivity index (χ2n) is 9.61. The molecule has 0 aromatic heterocycles. The van der Waals surface area contributed by atoms with E-state index in [0.717, 1.165) is 38.5 Å². The van der Waals surface area contributed by atoms with Crippen molar-refractivity contribution in [3.63, 3.8) is 0 Å². The van der Waals surface area contributed by atoms with E-state index in [4.69, 9.17) is 9.47 Å². The van der Waals surface area contributed by atoms with Gasteiger partial charge in [0, 0.05) is 22.9 Å². The van der Waals surface area contributed by atoms with Crippen LogP contribution >= 0.6 is 0 Å². The molecule has 0 radical (unpaired) electrons. The van der Waals surface area contributed by atoms with Crippen LogP contribution in [0, 0.1) is 17.7 Å². The van der Waals surface area contributed by atoms with Gasteiger partial charge in [-0.25, -0.2) is 9.18 Å². The molecule has 1 heterocycles. The van der Waals surface area contributed by atoms with Crippen LogP contribution in [0.15, 0.2) is 46.8 Å². The van der Waals surface area contributed by atoms with Gasteiger partial charge in [-0.1, -0.05) is 31.9 Å². The zero-order chi connectivity index (χ0) is 24.4. The molecule has 1 aliphatic heterocycles. The number of rotatable bonds is 4. The molecule has 0 amide bonds. The van der Waals surface area contributed by atoms with Crippen molar-refractivity contribution >= 4 is 17.7 Å². The van der Waals surface area contributed by atoms with E-state index in [1.807, 2.05) is 6.92 Å².